The molecule has 0 bridgehead atoms. The zero-order valence-corrected chi connectivity index (χ0v) is 15.4. The largest absolute Gasteiger partial charge is 0.459 e. The molecule has 0 radical (unpaired) electrons. The molecule has 134 valence electrons. The summed E-state index contributed by atoms with van der Waals surface area (Å²) in [5.41, 5.74) is 14.2. The standard InChI is InChI=1S/C18H25N5OS/c1-12(2)9-21-10-13-3-5-14(6-4-13)11-24-18-22-8-7-15(23-18)16(19)17(20)25/h3-8,12,16,21H,9-11,19H2,1-2H3,(H2,20,25). The summed E-state index contributed by atoms with van der Waals surface area (Å²) in [6, 6.07) is 9.59. The average Bonchev–Trinajstić information content (AvgIpc) is 2.60. The Labute approximate surface area is 154 Å². The van der Waals surface area contributed by atoms with Crippen LogP contribution < -0.4 is 21.5 Å². The van der Waals surface area contributed by atoms with Crippen molar-refractivity contribution in [1.82, 2.24) is 15.3 Å². The third-order valence-electron chi connectivity index (χ3n) is 3.55. The minimum atomic E-state index is -0.599. The number of aromatic nitrogens is 2. The number of nitrogens with one attached hydrogen (secondary N) is 1. The Morgan fingerprint density at radius 3 is 2.52 bits per heavy atom. The van der Waals surface area contributed by atoms with Crippen molar-refractivity contribution in [3.63, 3.8) is 0 Å². The molecule has 1 unspecified atom stereocenters. The normalized spacial score (nSPS) is 12.2. The van der Waals surface area contributed by atoms with E-state index in [-0.39, 0.29) is 11.0 Å². The van der Waals surface area contributed by atoms with Gasteiger partial charge in [-0.1, -0.05) is 50.3 Å². The molecule has 1 aromatic heterocycles. The molecule has 2 rings (SSSR count). The van der Waals surface area contributed by atoms with Crippen molar-refractivity contribution in [3.05, 3.63) is 53.3 Å². The lowest BCUT2D eigenvalue weighted by molar-refractivity contribution is 0.279. The second kappa shape index (κ2) is 9.41. The Morgan fingerprint density at radius 2 is 1.88 bits per heavy atom. The first-order chi connectivity index (χ1) is 12.0. The van der Waals surface area contributed by atoms with Crippen LogP contribution in [0, 0.1) is 5.92 Å². The van der Waals surface area contributed by atoms with Crippen molar-refractivity contribution in [2.24, 2.45) is 17.4 Å². The maximum absolute atomic E-state index is 5.87. The molecular weight excluding hydrogens is 334 g/mol. The highest BCUT2D eigenvalue weighted by Crippen LogP contribution is 2.12. The third-order valence-corrected chi connectivity index (χ3v) is 3.81. The van der Waals surface area contributed by atoms with E-state index < -0.39 is 6.04 Å². The minimum absolute atomic E-state index is 0.186. The van der Waals surface area contributed by atoms with Gasteiger partial charge >= 0.3 is 6.01 Å². The lowest BCUT2D eigenvalue weighted by atomic mass is 10.1. The first kappa shape index (κ1) is 19.2. The maximum atomic E-state index is 5.87. The second-order valence-corrected chi connectivity index (χ2v) is 6.75. The second-order valence-electron chi connectivity index (χ2n) is 6.27. The van der Waals surface area contributed by atoms with Crippen LogP contribution in [0.2, 0.25) is 0 Å². The predicted octanol–water partition coefficient (Wildman–Crippen LogP) is 2.09. The number of benzene rings is 1. The van der Waals surface area contributed by atoms with E-state index in [1.165, 1.54) is 5.56 Å². The van der Waals surface area contributed by atoms with Crippen LogP contribution in [0.3, 0.4) is 0 Å². The summed E-state index contributed by atoms with van der Waals surface area (Å²) in [5.74, 6) is 0.644. The molecule has 7 heteroatoms. The molecule has 0 saturated heterocycles. The van der Waals surface area contributed by atoms with Crippen molar-refractivity contribution in [2.45, 2.75) is 33.0 Å². The Hall–Kier alpha value is -2.09. The Morgan fingerprint density at radius 1 is 1.20 bits per heavy atom. The number of hydrogen-bond donors (Lipinski definition) is 3. The van der Waals surface area contributed by atoms with Crippen molar-refractivity contribution in [2.75, 3.05) is 6.54 Å². The average molecular weight is 359 g/mol. The molecule has 0 spiro atoms. The fraction of sp³-hybridized carbons (Fsp3) is 0.389. The van der Waals surface area contributed by atoms with Crippen LogP contribution in [-0.4, -0.2) is 21.5 Å². The highest BCUT2D eigenvalue weighted by molar-refractivity contribution is 7.80. The summed E-state index contributed by atoms with van der Waals surface area (Å²) in [7, 11) is 0. The number of hydrogen-bond acceptors (Lipinski definition) is 6. The van der Waals surface area contributed by atoms with Gasteiger partial charge in [-0.2, -0.15) is 4.98 Å². The fourth-order valence-corrected chi connectivity index (χ4v) is 2.27. The summed E-state index contributed by atoms with van der Waals surface area (Å²) < 4.78 is 5.64. The van der Waals surface area contributed by atoms with Crippen molar-refractivity contribution >= 4 is 17.2 Å². The zero-order valence-electron chi connectivity index (χ0n) is 14.6. The van der Waals surface area contributed by atoms with Crippen molar-refractivity contribution in [3.8, 4) is 6.01 Å². The number of rotatable bonds is 9. The molecule has 5 N–H and O–H groups in total. The molecule has 0 saturated carbocycles. The third kappa shape index (κ3) is 6.38. The highest BCUT2D eigenvalue weighted by Gasteiger charge is 2.12. The molecule has 1 heterocycles. The van der Waals surface area contributed by atoms with E-state index in [4.69, 9.17) is 28.4 Å². The Kier molecular flexibility index (Phi) is 7.24. The van der Waals surface area contributed by atoms with E-state index in [1.807, 2.05) is 12.1 Å². The topological polar surface area (TPSA) is 99.1 Å². The fourth-order valence-electron chi connectivity index (χ4n) is 2.15. The van der Waals surface area contributed by atoms with Crippen LogP contribution in [-0.2, 0) is 13.2 Å². The van der Waals surface area contributed by atoms with Gasteiger partial charge in [0, 0.05) is 12.7 Å². The van der Waals surface area contributed by atoms with E-state index in [9.17, 15) is 0 Å². The van der Waals surface area contributed by atoms with Gasteiger partial charge in [-0.25, -0.2) is 4.98 Å². The monoisotopic (exact) mass is 359 g/mol. The Bertz CT molecular complexity index is 690. The van der Waals surface area contributed by atoms with Gasteiger partial charge in [0.05, 0.1) is 16.7 Å². The predicted molar refractivity (Wildman–Crippen MR) is 103 cm³/mol. The molecular formula is C18H25N5OS. The van der Waals surface area contributed by atoms with E-state index in [1.54, 1.807) is 12.3 Å². The molecule has 25 heavy (non-hydrogen) atoms. The van der Waals surface area contributed by atoms with E-state index in [2.05, 4.69) is 41.3 Å². The SMILES string of the molecule is CC(C)CNCc1ccc(COc2nccc(C(N)C(N)=S)n2)cc1. The molecule has 0 aliphatic rings. The van der Waals surface area contributed by atoms with Gasteiger partial charge < -0.3 is 21.5 Å². The number of thiocarbonyl (C=S) groups is 1. The van der Waals surface area contributed by atoms with Gasteiger partial charge in [0.2, 0.25) is 0 Å². The zero-order chi connectivity index (χ0) is 18.2. The number of nitrogens with zero attached hydrogens (tertiary/aromatic N) is 2. The molecule has 0 fully saturated rings. The maximum Gasteiger partial charge on any atom is 0.316 e. The van der Waals surface area contributed by atoms with Crippen molar-refractivity contribution < 1.29 is 4.74 Å². The lowest BCUT2D eigenvalue weighted by Crippen LogP contribution is -2.27. The lowest BCUT2D eigenvalue weighted by Gasteiger charge is -2.11. The molecule has 6 nitrogen and oxygen atoms in total. The van der Waals surface area contributed by atoms with Gasteiger partial charge in [-0.3, -0.25) is 0 Å². The van der Waals surface area contributed by atoms with Gasteiger partial charge in [-0.15, -0.1) is 0 Å². The number of nitrogens with two attached hydrogens (primary N) is 2. The highest BCUT2D eigenvalue weighted by atomic mass is 32.1. The van der Waals surface area contributed by atoms with Crippen LogP contribution in [0.5, 0.6) is 6.01 Å². The first-order valence-corrected chi connectivity index (χ1v) is 8.65. The molecule has 2 aromatic rings. The molecule has 1 atom stereocenters. The van der Waals surface area contributed by atoms with Gasteiger partial charge in [-0.05, 0) is 29.7 Å². The summed E-state index contributed by atoms with van der Waals surface area (Å²) in [4.78, 5) is 8.52. The van der Waals surface area contributed by atoms with E-state index in [0.29, 0.717) is 18.2 Å². The first-order valence-electron chi connectivity index (χ1n) is 8.25. The van der Waals surface area contributed by atoms with Crippen LogP contribution in [0.15, 0.2) is 36.5 Å². The summed E-state index contributed by atoms with van der Waals surface area (Å²) in [5, 5.41) is 3.42. The molecule has 1 aromatic carbocycles. The smallest absolute Gasteiger partial charge is 0.316 e. The Balaban J connectivity index is 1.89. The molecule has 0 amide bonds. The molecule has 0 aliphatic carbocycles. The van der Waals surface area contributed by atoms with Crippen LogP contribution in [0.4, 0.5) is 0 Å². The van der Waals surface area contributed by atoms with Gasteiger partial charge in [0.1, 0.15) is 6.61 Å². The van der Waals surface area contributed by atoms with Crippen LogP contribution >= 0.6 is 12.2 Å². The quantitative estimate of drug-likeness (QED) is 0.590. The van der Waals surface area contributed by atoms with Gasteiger partial charge in [0.25, 0.3) is 0 Å². The van der Waals surface area contributed by atoms with Crippen molar-refractivity contribution in [1.29, 1.82) is 0 Å². The summed E-state index contributed by atoms with van der Waals surface area (Å²) in [6.07, 6.45) is 1.58. The minimum Gasteiger partial charge on any atom is -0.459 e. The van der Waals surface area contributed by atoms with Gasteiger partial charge in [0.15, 0.2) is 0 Å². The molecule has 0 aliphatic heterocycles. The van der Waals surface area contributed by atoms with Crippen LogP contribution in [0.1, 0.15) is 36.7 Å². The summed E-state index contributed by atoms with van der Waals surface area (Å²) >= 11 is 4.89. The van der Waals surface area contributed by atoms with E-state index >= 15 is 0 Å². The number of ether oxygens (including phenoxy) is 1. The van der Waals surface area contributed by atoms with Crippen LogP contribution in [0.25, 0.3) is 0 Å². The van der Waals surface area contributed by atoms with E-state index in [0.717, 1.165) is 18.7 Å². The summed E-state index contributed by atoms with van der Waals surface area (Å²) in [6.45, 7) is 6.64.